The van der Waals surface area contributed by atoms with Crippen LogP contribution >= 0.6 is 0 Å². The van der Waals surface area contributed by atoms with Crippen molar-refractivity contribution in [2.24, 2.45) is 0 Å². The molecule has 0 amide bonds. The van der Waals surface area contributed by atoms with Crippen molar-refractivity contribution in [3.63, 3.8) is 0 Å². The minimum absolute atomic E-state index is 0.0346. The summed E-state index contributed by atoms with van der Waals surface area (Å²) in [5.74, 6) is 0.0339. The molecule has 1 aromatic rings. The quantitative estimate of drug-likeness (QED) is 0.592. The van der Waals surface area contributed by atoms with Gasteiger partial charge in [-0.2, -0.15) is 0 Å². The van der Waals surface area contributed by atoms with Gasteiger partial charge in [0.2, 0.25) is 10.0 Å². The summed E-state index contributed by atoms with van der Waals surface area (Å²) in [5.41, 5.74) is 6.53. The van der Waals surface area contributed by atoms with Crippen LogP contribution in [-0.4, -0.2) is 41.4 Å². The molecule has 0 aliphatic rings. The van der Waals surface area contributed by atoms with E-state index in [1.54, 1.807) is 13.8 Å². The van der Waals surface area contributed by atoms with Crippen LogP contribution < -0.4 is 15.8 Å². The van der Waals surface area contributed by atoms with E-state index in [9.17, 15) is 16.8 Å². The fraction of sp³-hybridized carbons (Fsp3) is 0.500. The third kappa shape index (κ3) is 5.18. The van der Waals surface area contributed by atoms with E-state index in [4.69, 9.17) is 5.73 Å². The van der Waals surface area contributed by atoms with Crippen LogP contribution in [-0.2, 0) is 19.9 Å². The standard InChI is InChI=1S/C12H21N3O4S2/c1-3-15-21(18,19)10-5-6-11(13)12(9-10)14-7-8-20(16,17)4-2/h5-6,9,14-15H,3-4,7-8,13H2,1-2H3. The molecule has 0 saturated carbocycles. The highest BCUT2D eigenvalue weighted by molar-refractivity contribution is 7.91. The number of sulfone groups is 1. The maximum Gasteiger partial charge on any atom is 0.240 e. The predicted molar refractivity (Wildman–Crippen MR) is 84.5 cm³/mol. The number of nitrogens with two attached hydrogens (primary N) is 1. The molecule has 0 atom stereocenters. The Morgan fingerprint density at radius 2 is 1.81 bits per heavy atom. The molecule has 120 valence electrons. The maximum absolute atomic E-state index is 11.9. The number of hydrogen-bond acceptors (Lipinski definition) is 6. The Balaban J connectivity index is 2.89. The summed E-state index contributed by atoms with van der Waals surface area (Å²) in [6.45, 7) is 3.71. The molecule has 0 aliphatic carbocycles. The Kier molecular flexibility index (Phi) is 5.99. The molecule has 9 heteroatoms. The first-order valence-corrected chi connectivity index (χ1v) is 9.85. The molecule has 0 saturated heterocycles. The van der Waals surface area contributed by atoms with Gasteiger partial charge in [0.1, 0.15) is 0 Å². The number of rotatable bonds is 8. The van der Waals surface area contributed by atoms with Gasteiger partial charge < -0.3 is 11.1 Å². The van der Waals surface area contributed by atoms with Crippen LogP contribution in [0.25, 0.3) is 0 Å². The van der Waals surface area contributed by atoms with Crippen molar-refractivity contribution >= 4 is 31.2 Å². The summed E-state index contributed by atoms with van der Waals surface area (Å²) >= 11 is 0. The zero-order chi connectivity index (χ0) is 16.1. The van der Waals surface area contributed by atoms with Gasteiger partial charge in [-0.25, -0.2) is 21.6 Å². The van der Waals surface area contributed by atoms with Crippen LogP contribution in [0.5, 0.6) is 0 Å². The molecule has 4 N–H and O–H groups in total. The second-order valence-electron chi connectivity index (χ2n) is 4.41. The summed E-state index contributed by atoms with van der Waals surface area (Å²) < 4.78 is 49.0. The lowest BCUT2D eigenvalue weighted by Crippen LogP contribution is -2.23. The molecule has 0 fully saturated rings. The largest absolute Gasteiger partial charge is 0.397 e. The van der Waals surface area contributed by atoms with E-state index in [2.05, 4.69) is 10.0 Å². The zero-order valence-electron chi connectivity index (χ0n) is 12.1. The van der Waals surface area contributed by atoms with Gasteiger partial charge in [0, 0.05) is 18.8 Å². The van der Waals surface area contributed by atoms with E-state index in [0.29, 0.717) is 11.4 Å². The van der Waals surface area contributed by atoms with Crippen LogP contribution in [0.15, 0.2) is 23.1 Å². The lowest BCUT2D eigenvalue weighted by molar-refractivity contribution is 0.583. The van der Waals surface area contributed by atoms with Crippen molar-refractivity contribution in [1.82, 2.24) is 4.72 Å². The minimum Gasteiger partial charge on any atom is -0.397 e. The van der Waals surface area contributed by atoms with E-state index >= 15 is 0 Å². The number of nitrogen functional groups attached to an aromatic ring is 1. The number of benzene rings is 1. The second-order valence-corrected chi connectivity index (χ2v) is 8.65. The zero-order valence-corrected chi connectivity index (χ0v) is 13.7. The van der Waals surface area contributed by atoms with Gasteiger partial charge in [-0.05, 0) is 18.2 Å². The molecule has 0 unspecified atom stereocenters. The van der Waals surface area contributed by atoms with E-state index < -0.39 is 19.9 Å². The van der Waals surface area contributed by atoms with Gasteiger partial charge >= 0.3 is 0 Å². The van der Waals surface area contributed by atoms with Crippen molar-refractivity contribution in [3.05, 3.63) is 18.2 Å². The normalized spacial score (nSPS) is 12.3. The van der Waals surface area contributed by atoms with Gasteiger partial charge in [0.15, 0.2) is 9.84 Å². The highest BCUT2D eigenvalue weighted by Crippen LogP contribution is 2.22. The molecular weight excluding hydrogens is 314 g/mol. The van der Waals surface area contributed by atoms with E-state index in [0.717, 1.165) is 0 Å². The average molecular weight is 335 g/mol. The van der Waals surface area contributed by atoms with E-state index in [1.165, 1.54) is 18.2 Å². The minimum atomic E-state index is -3.57. The van der Waals surface area contributed by atoms with Gasteiger partial charge in [-0.3, -0.25) is 0 Å². The molecule has 0 aromatic heterocycles. The monoisotopic (exact) mass is 335 g/mol. The van der Waals surface area contributed by atoms with Crippen molar-refractivity contribution in [2.45, 2.75) is 18.7 Å². The molecule has 1 rings (SSSR count). The number of nitrogens with one attached hydrogen (secondary N) is 2. The molecule has 21 heavy (non-hydrogen) atoms. The van der Waals surface area contributed by atoms with Crippen molar-refractivity contribution < 1.29 is 16.8 Å². The van der Waals surface area contributed by atoms with E-state index in [-0.39, 0.29) is 29.5 Å². The summed E-state index contributed by atoms with van der Waals surface area (Å²) in [6.07, 6.45) is 0. The third-order valence-corrected chi connectivity index (χ3v) is 6.09. The first-order valence-electron chi connectivity index (χ1n) is 6.55. The second kappa shape index (κ2) is 7.10. The summed E-state index contributed by atoms with van der Waals surface area (Å²) in [4.78, 5) is 0.0828. The Hall–Kier alpha value is -1.32. The Labute approximate surface area is 125 Å². The van der Waals surface area contributed by atoms with Gasteiger partial charge in [0.05, 0.1) is 22.0 Å². The van der Waals surface area contributed by atoms with E-state index in [1.807, 2.05) is 0 Å². The van der Waals surface area contributed by atoms with Gasteiger partial charge in [-0.1, -0.05) is 13.8 Å². The van der Waals surface area contributed by atoms with Crippen LogP contribution in [0.3, 0.4) is 0 Å². The molecule has 0 radical (unpaired) electrons. The highest BCUT2D eigenvalue weighted by atomic mass is 32.2. The lowest BCUT2D eigenvalue weighted by Gasteiger charge is -2.12. The lowest BCUT2D eigenvalue weighted by atomic mass is 10.2. The number of hydrogen-bond donors (Lipinski definition) is 3. The molecule has 7 nitrogen and oxygen atoms in total. The van der Waals surface area contributed by atoms with Crippen LogP contribution in [0, 0.1) is 0 Å². The van der Waals surface area contributed by atoms with Crippen LogP contribution in [0.2, 0.25) is 0 Å². The molecule has 0 bridgehead atoms. The summed E-state index contributed by atoms with van der Waals surface area (Å²) in [7, 11) is -6.66. The fourth-order valence-electron chi connectivity index (χ4n) is 1.61. The Morgan fingerprint density at radius 1 is 1.14 bits per heavy atom. The van der Waals surface area contributed by atoms with Gasteiger partial charge in [-0.15, -0.1) is 0 Å². The topological polar surface area (TPSA) is 118 Å². The van der Waals surface area contributed by atoms with Crippen LogP contribution in [0.1, 0.15) is 13.8 Å². The van der Waals surface area contributed by atoms with Crippen molar-refractivity contribution in [3.8, 4) is 0 Å². The fourth-order valence-corrected chi connectivity index (χ4v) is 3.38. The molecule has 1 aromatic carbocycles. The van der Waals surface area contributed by atoms with Crippen molar-refractivity contribution in [2.75, 3.05) is 35.6 Å². The third-order valence-electron chi connectivity index (χ3n) is 2.84. The Bertz CT molecular complexity index is 684. The van der Waals surface area contributed by atoms with Crippen molar-refractivity contribution in [1.29, 1.82) is 0 Å². The molecule has 0 aliphatic heterocycles. The smallest absolute Gasteiger partial charge is 0.240 e. The first-order chi connectivity index (χ1) is 9.72. The molecule has 0 spiro atoms. The summed E-state index contributed by atoms with van der Waals surface area (Å²) in [6, 6.07) is 4.27. The predicted octanol–water partition coefficient (Wildman–Crippen LogP) is 0.414. The SMILES string of the molecule is CCNS(=O)(=O)c1ccc(N)c(NCCS(=O)(=O)CC)c1. The molecular formula is C12H21N3O4S2. The van der Waals surface area contributed by atoms with Crippen LogP contribution in [0.4, 0.5) is 11.4 Å². The number of anilines is 2. The average Bonchev–Trinajstić information content (AvgIpc) is 2.40. The maximum atomic E-state index is 11.9. The molecule has 0 heterocycles. The van der Waals surface area contributed by atoms with Gasteiger partial charge in [0.25, 0.3) is 0 Å². The summed E-state index contributed by atoms with van der Waals surface area (Å²) in [5, 5.41) is 2.86. The Morgan fingerprint density at radius 3 is 2.38 bits per heavy atom. The number of sulfonamides is 1. The first kappa shape index (κ1) is 17.7. The highest BCUT2D eigenvalue weighted by Gasteiger charge is 2.14.